The van der Waals surface area contributed by atoms with Crippen molar-refractivity contribution in [2.45, 2.75) is 57.2 Å². The Labute approximate surface area is 258 Å². The summed E-state index contributed by atoms with van der Waals surface area (Å²) < 4.78 is 42.5. The smallest absolute Gasteiger partial charge is 0.304 e. The SMILES string of the molecule is CN(C)S(=O)(=O)N(CC(=O)N(Cc1cccc(Cl)c1)[C@@H](Cc1ccccc1)C(=O)NC1CCCCC1)c1ccc(F)cc1. The van der Waals surface area contributed by atoms with Gasteiger partial charge in [0, 0.05) is 38.1 Å². The van der Waals surface area contributed by atoms with Crippen LogP contribution in [0.2, 0.25) is 5.02 Å². The van der Waals surface area contributed by atoms with Gasteiger partial charge in [-0.15, -0.1) is 0 Å². The summed E-state index contributed by atoms with van der Waals surface area (Å²) in [7, 11) is -1.45. The number of carbonyl (C=O) groups excluding carboxylic acids is 2. The van der Waals surface area contributed by atoms with Crippen LogP contribution in [0.1, 0.15) is 43.2 Å². The van der Waals surface area contributed by atoms with Crippen LogP contribution in [0.5, 0.6) is 0 Å². The zero-order valence-corrected chi connectivity index (χ0v) is 26.0. The van der Waals surface area contributed by atoms with Crippen LogP contribution in [0.4, 0.5) is 10.1 Å². The Bertz CT molecular complexity index is 1480. The highest BCUT2D eigenvalue weighted by molar-refractivity contribution is 7.90. The molecular formula is C32H38ClFN4O4S. The van der Waals surface area contributed by atoms with E-state index in [9.17, 15) is 22.4 Å². The molecule has 230 valence electrons. The minimum absolute atomic E-state index is 0.00692. The van der Waals surface area contributed by atoms with Gasteiger partial charge in [0.2, 0.25) is 11.8 Å². The van der Waals surface area contributed by atoms with E-state index in [0.29, 0.717) is 10.6 Å². The van der Waals surface area contributed by atoms with E-state index in [2.05, 4.69) is 5.32 Å². The molecule has 0 aromatic heterocycles. The standard InChI is InChI=1S/C32H38ClFN4O4S/c1-36(2)43(41,42)38(29-18-16-27(34)17-19-29)23-31(39)37(22-25-12-9-13-26(33)20-25)30(21-24-10-5-3-6-11-24)32(40)35-28-14-7-4-8-15-28/h3,5-6,9-13,16-20,28,30H,4,7-8,14-15,21-23H2,1-2H3,(H,35,40)/t30-/m0/s1. The molecule has 1 aliphatic carbocycles. The van der Waals surface area contributed by atoms with Crippen molar-refractivity contribution >= 4 is 39.3 Å². The molecule has 11 heteroatoms. The fraction of sp³-hybridized carbons (Fsp3) is 0.375. The third-order valence-corrected chi connectivity index (χ3v) is 9.65. The molecule has 4 rings (SSSR count). The first-order valence-corrected chi connectivity index (χ1v) is 16.2. The van der Waals surface area contributed by atoms with E-state index >= 15 is 0 Å². The van der Waals surface area contributed by atoms with E-state index in [1.165, 1.54) is 31.1 Å². The van der Waals surface area contributed by atoms with Crippen molar-refractivity contribution < 1.29 is 22.4 Å². The maximum absolute atomic E-state index is 14.3. The fourth-order valence-corrected chi connectivity index (χ4v) is 6.52. The van der Waals surface area contributed by atoms with Crippen molar-refractivity contribution in [2.24, 2.45) is 0 Å². The Morgan fingerprint density at radius 3 is 2.21 bits per heavy atom. The first-order valence-electron chi connectivity index (χ1n) is 14.4. The van der Waals surface area contributed by atoms with E-state index in [0.717, 1.165) is 58.4 Å². The number of anilines is 1. The first kappa shape index (κ1) is 32.4. The Hall–Kier alpha value is -3.47. The average molecular weight is 629 g/mol. The van der Waals surface area contributed by atoms with Crippen molar-refractivity contribution in [2.75, 3.05) is 24.9 Å². The van der Waals surface area contributed by atoms with E-state index in [-0.39, 0.29) is 30.6 Å². The Balaban J connectivity index is 1.75. The van der Waals surface area contributed by atoms with Crippen LogP contribution in [0.3, 0.4) is 0 Å². The Kier molecular flexibility index (Phi) is 11.2. The van der Waals surface area contributed by atoms with Gasteiger partial charge in [0.15, 0.2) is 0 Å². The molecule has 3 aromatic carbocycles. The number of hydrogen-bond acceptors (Lipinski definition) is 4. The molecule has 43 heavy (non-hydrogen) atoms. The molecule has 0 saturated heterocycles. The monoisotopic (exact) mass is 628 g/mol. The molecule has 2 amide bonds. The molecule has 0 radical (unpaired) electrons. The van der Waals surface area contributed by atoms with Gasteiger partial charge in [-0.25, -0.2) is 8.70 Å². The van der Waals surface area contributed by atoms with Gasteiger partial charge in [-0.3, -0.25) is 9.59 Å². The molecule has 0 spiro atoms. The number of hydrogen-bond donors (Lipinski definition) is 1. The Morgan fingerprint density at radius 1 is 0.930 bits per heavy atom. The molecule has 0 heterocycles. The molecule has 1 atom stereocenters. The summed E-state index contributed by atoms with van der Waals surface area (Å²) in [6.07, 6.45) is 5.13. The van der Waals surface area contributed by atoms with Crippen LogP contribution in [0.15, 0.2) is 78.9 Å². The molecule has 8 nitrogen and oxygen atoms in total. The largest absolute Gasteiger partial charge is 0.352 e. The summed E-state index contributed by atoms with van der Waals surface area (Å²) in [5.74, 6) is -1.42. The number of amides is 2. The van der Waals surface area contributed by atoms with Gasteiger partial charge in [0.05, 0.1) is 5.69 Å². The number of benzene rings is 3. The minimum atomic E-state index is -4.17. The molecular weight excluding hydrogens is 591 g/mol. The quantitative estimate of drug-likeness (QED) is 0.299. The third-order valence-electron chi connectivity index (χ3n) is 7.60. The second-order valence-electron chi connectivity index (χ2n) is 11.0. The van der Waals surface area contributed by atoms with Gasteiger partial charge in [-0.1, -0.05) is 73.3 Å². The van der Waals surface area contributed by atoms with Crippen LogP contribution in [0, 0.1) is 5.82 Å². The molecule has 1 aliphatic rings. The van der Waals surface area contributed by atoms with E-state index in [4.69, 9.17) is 11.6 Å². The fourth-order valence-electron chi connectivity index (χ4n) is 5.25. The van der Waals surface area contributed by atoms with Crippen molar-refractivity contribution in [1.29, 1.82) is 0 Å². The highest BCUT2D eigenvalue weighted by Gasteiger charge is 2.35. The van der Waals surface area contributed by atoms with Gasteiger partial charge < -0.3 is 10.2 Å². The lowest BCUT2D eigenvalue weighted by molar-refractivity contribution is -0.140. The molecule has 1 saturated carbocycles. The van der Waals surface area contributed by atoms with Crippen LogP contribution < -0.4 is 9.62 Å². The molecule has 0 aliphatic heterocycles. The second kappa shape index (κ2) is 14.8. The summed E-state index contributed by atoms with van der Waals surface area (Å²) in [4.78, 5) is 29.7. The molecule has 0 unspecified atom stereocenters. The number of rotatable bonds is 12. The summed E-state index contributed by atoms with van der Waals surface area (Å²) >= 11 is 6.27. The van der Waals surface area contributed by atoms with Crippen molar-refractivity contribution in [3.8, 4) is 0 Å². The summed E-state index contributed by atoms with van der Waals surface area (Å²) in [6.45, 7) is -0.580. The summed E-state index contributed by atoms with van der Waals surface area (Å²) in [6, 6.07) is 20.4. The first-order chi connectivity index (χ1) is 20.5. The van der Waals surface area contributed by atoms with Gasteiger partial charge in [-0.05, 0) is 60.4 Å². The van der Waals surface area contributed by atoms with E-state index in [1.807, 2.05) is 30.3 Å². The average Bonchev–Trinajstić information content (AvgIpc) is 2.99. The van der Waals surface area contributed by atoms with Crippen LogP contribution >= 0.6 is 11.6 Å². The van der Waals surface area contributed by atoms with Crippen molar-refractivity contribution in [3.63, 3.8) is 0 Å². The Morgan fingerprint density at radius 2 is 1.58 bits per heavy atom. The normalized spacial score (nSPS) is 14.7. The predicted molar refractivity (Wildman–Crippen MR) is 167 cm³/mol. The van der Waals surface area contributed by atoms with Gasteiger partial charge >= 0.3 is 10.2 Å². The van der Waals surface area contributed by atoms with Crippen molar-refractivity contribution in [1.82, 2.24) is 14.5 Å². The lowest BCUT2D eigenvalue weighted by Crippen LogP contribution is -2.55. The van der Waals surface area contributed by atoms with Crippen LogP contribution in [0.25, 0.3) is 0 Å². The van der Waals surface area contributed by atoms with Crippen LogP contribution in [-0.2, 0) is 32.8 Å². The minimum Gasteiger partial charge on any atom is -0.352 e. The van der Waals surface area contributed by atoms with Gasteiger partial charge in [0.1, 0.15) is 18.4 Å². The van der Waals surface area contributed by atoms with Gasteiger partial charge in [-0.2, -0.15) is 12.7 Å². The number of carbonyl (C=O) groups is 2. The maximum atomic E-state index is 14.3. The lowest BCUT2D eigenvalue weighted by Gasteiger charge is -2.35. The van der Waals surface area contributed by atoms with Crippen LogP contribution in [-0.4, -0.2) is 62.2 Å². The molecule has 1 N–H and O–H groups in total. The predicted octanol–water partition coefficient (Wildman–Crippen LogP) is 5.18. The molecule has 3 aromatic rings. The number of halogens is 2. The second-order valence-corrected chi connectivity index (χ2v) is 13.5. The third kappa shape index (κ3) is 8.78. The molecule has 0 bridgehead atoms. The maximum Gasteiger partial charge on any atom is 0.304 e. The van der Waals surface area contributed by atoms with Gasteiger partial charge in [0.25, 0.3) is 0 Å². The number of nitrogens with one attached hydrogen (secondary N) is 1. The zero-order chi connectivity index (χ0) is 31.0. The highest BCUT2D eigenvalue weighted by Crippen LogP contribution is 2.24. The van der Waals surface area contributed by atoms with E-state index in [1.54, 1.807) is 24.3 Å². The summed E-state index contributed by atoms with van der Waals surface area (Å²) in [5, 5.41) is 3.64. The lowest BCUT2D eigenvalue weighted by atomic mass is 9.94. The topological polar surface area (TPSA) is 90.0 Å². The van der Waals surface area contributed by atoms with E-state index < -0.39 is 34.5 Å². The van der Waals surface area contributed by atoms with Crippen molar-refractivity contribution in [3.05, 3.63) is 101 Å². The highest BCUT2D eigenvalue weighted by atomic mass is 35.5. The molecule has 1 fully saturated rings. The zero-order valence-electron chi connectivity index (χ0n) is 24.5. The number of nitrogens with zero attached hydrogens (tertiary/aromatic N) is 3. The summed E-state index contributed by atoms with van der Waals surface area (Å²) in [5.41, 5.74) is 1.66.